The number of pyridine rings is 1. The Labute approximate surface area is 167 Å². The maximum atomic E-state index is 12.9. The highest BCUT2D eigenvalue weighted by Gasteiger charge is 2.23. The zero-order valence-corrected chi connectivity index (χ0v) is 16.4. The molecule has 3 aromatic rings. The summed E-state index contributed by atoms with van der Waals surface area (Å²) in [4.78, 5) is 41.9. The molecule has 0 aliphatic heterocycles. The number of rotatable bonds is 6. The Morgan fingerprint density at radius 2 is 1.79 bits per heavy atom. The second-order valence-corrected chi connectivity index (χ2v) is 6.59. The number of nitrogens with zero attached hydrogens (tertiary/aromatic N) is 2. The van der Waals surface area contributed by atoms with Crippen LogP contribution in [0.1, 0.15) is 52.2 Å². The molecule has 0 aliphatic carbocycles. The Morgan fingerprint density at radius 1 is 1.07 bits per heavy atom. The second-order valence-electron chi connectivity index (χ2n) is 6.59. The summed E-state index contributed by atoms with van der Waals surface area (Å²) in [5.41, 5.74) is 1.11. The van der Waals surface area contributed by atoms with Gasteiger partial charge in [-0.05, 0) is 45.0 Å². The molecule has 29 heavy (non-hydrogen) atoms. The van der Waals surface area contributed by atoms with E-state index in [-0.39, 0.29) is 35.6 Å². The topological polar surface area (TPSA) is 102 Å². The molecule has 3 rings (SSSR count). The number of ether oxygens (including phenoxy) is 1. The maximum Gasteiger partial charge on any atom is 0.340 e. The molecule has 0 bridgehead atoms. The first-order valence-corrected chi connectivity index (χ1v) is 9.27. The largest absolute Gasteiger partial charge is 0.462 e. The van der Waals surface area contributed by atoms with E-state index < -0.39 is 11.9 Å². The molecule has 2 heterocycles. The molecular weight excluding hydrogens is 372 g/mol. The third kappa shape index (κ3) is 4.26. The lowest BCUT2D eigenvalue weighted by atomic mass is 10.1. The van der Waals surface area contributed by atoms with Crippen LogP contribution < -0.4 is 10.6 Å². The van der Waals surface area contributed by atoms with Crippen LogP contribution in [0.2, 0.25) is 0 Å². The van der Waals surface area contributed by atoms with Gasteiger partial charge in [0.05, 0.1) is 23.4 Å². The lowest BCUT2D eigenvalue weighted by Gasteiger charge is -2.09. The number of aromatic nitrogens is 2. The molecule has 0 unspecified atom stereocenters. The van der Waals surface area contributed by atoms with Crippen molar-refractivity contribution in [3.05, 3.63) is 65.7 Å². The summed E-state index contributed by atoms with van der Waals surface area (Å²) in [5, 5.41) is 5.48. The molecule has 0 aliphatic rings. The third-order valence-corrected chi connectivity index (χ3v) is 4.06. The Hall–Kier alpha value is -3.68. The van der Waals surface area contributed by atoms with E-state index in [2.05, 4.69) is 15.6 Å². The molecule has 0 fully saturated rings. The molecule has 2 N–H and O–H groups in total. The van der Waals surface area contributed by atoms with Crippen LogP contribution in [0.4, 0.5) is 5.69 Å². The molecule has 150 valence electrons. The Morgan fingerprint density at radius 3 is 2.52 bits per heavy atom. The zero-order valence-electron chi connectivity index (χ0n) is 16.4. The molecular formula is C21H22N4O4. The third-order valence-electron chi connectivity index (χ3n) is 4.06. The maximum absolute atomic E-state index is 12.9. The number of amides is 2. The van der Waals surface area contributed by atoms with Crippen molar-refractivity contribution in [2.45, 2.75) is 26.8 Å². The monoisotopic (exact) mass is 394 g/mol. The molecule has 2 amide bonds. The number of esters is 1. The number of para-hydroxylation sites is 1. The highest BCUT2D eigenvalue weighted by molar-refractivity contribution is 6.11. The van der Waals surface area contributed by atoms with Gasteiger partial charge in [-0.1, -0.05) is 18.2 Å². The molecule has 2 aromatic heterocycles. The van der Waals surface area contributed by atoms with Gasteiger partial charge in [0, 0.05) is 12.2 Å². The van der Waals surface area contributed by atoms with E-state index in [1.54, 1.807) is 60.0 Å². The van der Waals surface area contributed by atoms with E-state index in [1.165, 1.54) is 0 Å². The van der Waals surface area contributed by atoms with Crippen LogP contribution in [-0.2, 0) is 4.74 Å². The highest BCUT2D eigenvalue weighted by Crippen LogP contribution is 2.19. The summed E-state index contributed by atoms with van der Waals surface area (Å²) >= 11 is 0. The standard InChI is InChI=1S/C21H22N4O4/c1-4-29-21(28)14-9-5-6-10-15(14)23-19(26)17-16-11-7-8-12-25(16)18(24-17)20(27)22-13(2)3/h5-13H,4H2,1-3H3,(H,22,27)(H,23,26). The summed E-state index contributed by atoms with van der Waals surface area (Å²) in [6, 6.07) is 11.7. The van der Waals surface area contributed by atoms with E-state index >= 15 is 0 Å². The van der Waals surface area contributed by atoms with Gasteiger partial charge in [0.15, 0.2) is 5.69 Å². The minimum Gasteiger partial charge on any atom is -0.462 e. The van der Waals surface area contributed by atoms with Gasteiger partial charge in [-0.15, -0.1) is 0 Å². The number of carbonyl (C=O) groups excluding carboxylic acids is 3. The molecule has 0 saturated carbocycles. The zero-order chi connectivity index (χ0) is 21.0. The van der Waals surface area contributed by atoms with Crippen LogP contribution in [0.3, 0.4) is 0 Å². The van der Waals surface area contributed by atoms with Gasteiger partial charge in [-0.25, -0.2) is 9.78 Å². The van der Waals surface area contributed by atoms with Crippen molar-refractivity contribution in [3.8, 4) is 0 Å². The Balaban J connectivity index is 1.97. The second kappa shape index (κ2) is 8.55. The normalized spacial score (nSPS) is 10.8. The van der Waals surface area contributed by atoms with Crippen molar-refractivity contribution < 1.29 is 19.1 Å². The average Bonchev–Trinajstić information content (AvgIpc) is 3.08. The average molecular weight is 394 g/mol. The van der Waals surface area contributed by atoms with E-state index in [0.717, 1.165) is 0 Å². The van der Waals surface area contributed by atoms with Gasteiger partial charge in [0.2, 0.25) is 5.82 Å². The van der Waals surface area contributed by atoms with Crippen LogP contribution >= 0.6 is 0 Å². The van der Waals surface area contributed by atoms with E-state index in [0.29, 0.717) is 11.2 Å². The first-order chi connectivity index (χ1) is 13.9. The van der Waals surface area contributed by atoms with E-state index in [4.69, 9.17) is 4.74 Å². The summed E-state index contributed by atoms with van der Waals surface area (Å²) in [5.74, 6) is -1.34. The van der Waals surface area contributed by atoms with Gasteiger partial charge in [0.1, 0.15) is 0 Å². The fourth-order valence-corrected chi connectivity index (χ4v) is 2.85. The van der Waals surface area contributed by atoms with Crippen molar-refractivity contribution >= 4 is 29.0 Å². The molecule has 0 radical (unpaired) electrons. The van der Waals surface area contributed by atoms with Gasteiger partial charge in [0.25, 0.3) is 11.8 Å². The first-order valence-electron chi connectivity index (χ1n) is 9.27. The van der Waals surface area contributed by atoms with E-state index in [9.17, 15) is 14.4 Å². The molecule has 1 aromatic carbocycles. The number of hydrogen-bond donors (Lipinski definition) is 2. The van der Waals surface area contributed by atoms with Crippen LogP contribution in [0.5, 0.6) is 0 Å². The number of carbonyl (C=O) groups is 3. The number of hydrogen-bond acceptors (Lipinski definition) is 5. The molecule has 0 saturated heterocycles. The van der Waals surface area contributed by atoms with Crippen molar-refractivity contribution in [3.63, 3.8) is 0 Å². The van der Waals surface area contributed by atoms with Crippen molar-refractivity contribution in [2.24, 2.45) is 0 Å². The fraction of sp³-hybridized carbons (Fsp3) is 0.238. The predicted octanol–water partition coefficient (Wildman–Crippen LogP) is 2.90. The highest BCUT2D eigenvalue weighted by atomic mass is 16.5. The summed E-state index contributed by atoms with van der Waals surface area (Å²) in [6.45, 7) is 5.61. The SMILES string of the molecule is CCOC(=O)c1ccccc1NC(=O)c1nc(C(=O)NC(C)C)n2ccccc12. The lowest BCUT2D eigenvalue weighted by Crippen LogP contribution is -2.31. The number of imidazole rings is 1. The number of fused-ring (bicyclic) bond motifs is 1. The van der Waals surface area contributed by atoms with Crippen LogP contribution in [0, 0.1) is 0 Å². The fourth-order valence-electron chi connectivity index (χ4n) is 2.85. The van der Waals surface area contributed by atoms with Gasteiger partial charge in [-0.3, -0.25) is 14.0 Å². The van der Waals surface area contributed by atoms with Gasteiger partial charge >= 0.3 is 5.97 Å². The Kier molecular flexibility index (Phi) is 5.92. The predicted molar refractivity (Wildman–Crippen MR) is 108 cm³/mol. The minimum atomic E-state index is -0.533. The molecule has 0 atom stereocenters. The Bertz CT molecular complexity index is 1070. The quantitative estimate of drug-likeness (QED) is 0.626. The van der Waals surface area contributed by atoms with Crippen molar-refractivity contribution in [1.82, 2.24) is 14.7 Å². The molecule has 8 nitrogen and oxygen atoms in total. The summed E-state index contributed by atoms with van der Waals surface area (Å²) in [6.07, 6.45) is 1.67. The minimum absolute atomic E-state index is 0.0766. The number of nitrogens with one attached hydrogen (secondary N) is 2. The summed E-state index contributed by atoms with van der Waals surface area (Å²) < 4.78 is 6.60. The van der Waals surface area contributed by atoms with Crippen LogP contribution in [-0.4, -0.2) is 39.8 Å². The van der Waals surface area contributed by atoms with Gasteiger partial charge in [-0.2, -0.15) is 0 Å². The van der Waals surface area contributed by atoms with Crippen LogP contribution in [0.25, 0.3) is 5.52 Å². The number of anilines is 1. The molecule has 8 heteroatoms. The van der Waals surface area contributed by atoms with Crippen molar-refractivity contribution in [1.29, 1.82) is 0 Å². The van der Waals surface area contributed by atoms with Crippen molar-refractivity contribution in [2.75, 3.05) is 11.9 Å². The smallest absolute Gasteiger partial charge is 0.340 e. The first kappa shape index (κ1) is 20.1. The van der Waals surface area contributed by atoms with Crippen LogP contribution in [0.15, 0.2) is 48.7 Å². The molecule has 0 spiro atoms. The summed E-state index contributed by atoms with van der Waals surface area (Å²) in [7, 11) is 0. The lowest BCUT2D eigenvalue weighted by molar-refractivity contribution is 0.0527. The van der Waals surface area contributed by atoms with Gasteiger partial charge < -0.3 is 15.4 Å². The number of benzene rings is 1. The van der Waals surface area contributed by atoms with E-state index in [1.807, 2.05) is 13.8 Å².